The lowest BCUT2D eigenvalue weighted by molar-refractivity contribution is 0.0740. The molecule has 4 rings (SSSR count). The number of halogens is 2. The summed E-state index contributed by atoms with van der Waals surface area (Å²) < 4.78 is 26.3. The topological polar surface area (TPSA) is 61.4 Å². The molecule has 2 aromatic carbocycles. The van der Waals surface area contributed by atoms with Gasteiger partial charge >= 0.3 is 0 Å². The van der Waals surface area contributed by atoms with Crippen molar-refractivity contribution in [2.45, 2.75) is 0 Å². The number of hydrogen-bond acceptors (Lipinski definition) is 5. The number of anilines is 3. The van der Waals surface area contributed by atoms with E-state index in [0.29, 0.717) is 24.6 Å². The number of nitrogens with one attached hydrogen (secondary N) is 1. The number of para-hydroxylation sites is 1. The third-order valence-corrected chi connectivity index (χ3v) is 4.75. The van der Waals surface area contributed by atoms with Crippen molar-refractivity contribution in [2.75, 3.05) is 36.4 Å². The van der Waals surface area contributed by atoms with Gasteiger partial charge < -0.3 is 15.1 Å². The van der Waals surface area contributed by atoms with Gasteiger partial charge in [-0.3, -0.25) is 4.79 Å². The maximum Gasteiger partial charge on any atom is 0.274 e. The minimum Gasteiger partial charge on any atom is -0.368 e. The third-order valence-electron chi connectivity index (χ3n) is 4.75. The molecule has 0 aliphatic carbocycles. The van der Waals surface area contributed by atoms with E-state index in [0.717, 1.165) is 30.9 Å². The second-order valence-electron chi connectivity index (χ2n) is 6.66. The molecule has 29 heavy (non-hydrogen) atoms. The van der Waals surface area contributed by atoms with E-state index in [-0.39, 0.29) is 11.6 Å². The van der Waals surface area contributed by atoms with E-state index in [1.807, 2.05) is 18.2 Å². The zero-order valence-electron chi connectivity index (χ0n) is 15.6. The van der Waals surface area contributed by atoms with Crippen LogP contribution in [0.15, 0.2) is 60.9 Å². The molecule has 8 heteroatoms. The average molecular weight is 395 g/mol. The second kappa shape index (κ2) is 8.22. The summed E-state index contributed by atoms with van der Waals surface area (Å²) in [6.07, 6.45) is 2.78. The Morgan fingerprint density at radius 2 is 1.66 bits per heavy atom. The fourth-order valence-corrected chi connectivity index (χ4v) is 3.19. The lowest BCUT2D eigenvalue weighted by Crippen LogP contribution is -2.49. The highest BCUT2D eigenvalue weighted by atomic mass is 19.2. The summed E-state index contributed by atoms with van der Waals surface area (Å²) in [4.78, 5) is 25.0. The monoisotopic (exact) mass is 395 g/mol. The van der Waals surface area contributed by atoms with Crippen molar-refractivity contribution in [2.24, 2.45) is 0 Å². The number of rotatable bonds is 4. The van der Waals surface area contributed by atoms with E-state index >= 15 is 0 Å². The van der Waals surface area contributed by atoms with Crippen LogP contribution in [0.25, 0.3) is 0 Å². The van der Waals surface area contributed by atoms with Gasteiger partial charge in [-0.15, -0.1) is 0 Å². The van der Waals surface area contributed by atoms with Gasteiger partial charge in [-0.2, -0.15) is 0 Å². The molecule has 0 bridgehead atoms. The number of aromatic nitrogens is 2. The highest BCUT2D eigenvalue weighted by Gasteiger charge is 2.23. The van der Waals surface area contributed by atoms with Crippen LogP contribution in [0, 0.1) is 11.6 Å². The van der Waals surface area contributed by atoms with Crippen LogP contribution in [-0.4, -0.2) is 47.0 Å². The molecule has 148 valence electrons. The minimum atomic E-state index is -0.954. The van der Waals surface area contributed by atoms with Crippen LogP contribution in [0.3, 0.4) is 0 Å². The number of nitrogens with zero attached hydrogens (tertiary/aromatic N) is 4. The first-order chi connectivity index (χ1) is 14.1. The molecule has 0 atom stereocenters. The van der Waals surface area contributed by atoms with Crippen molar-refractivity contribution in [3.05, 3.63) is 78.3 Å². The Bertz CT molecular complexity index is 990. The highest BCUT2D eigenvalue weighted by molar-refractivity contribution is 5.92. The van der Waals surface area contributed by atoms with Crippen molar-refractivity contribution < 1.29 is 13.6 Å². The van der Waals surface area contributed by atoms with Crippen LogP contribution in [0.2, 0.25) is 0 Å². The number of carbonyl (C=O) groups is 1. The van der Waals surface area contributed by atoms with Crippen LogP contribution in [0.1, 0.15) is 10.5 Å². The molecule has 3 aromatic rings. The van der Waals surface area contributed by atoms with Crippen molar-refractivity contribution >= 4 is 23.1 Å². The average Bonchev–Trinajstić information content (AvgIpc) is 2.77. The van der Waals surface area contributed by atoms with Gasteiger partial charge in [0.05, 0.1) is 12.4 Å². The largest absolute Gasteiger partial charge is 0.368 e. The fraction of sp³-hybridized carbons (Fsp3) is 0.190. The SMILES string of the molecule is O=C(c1cnc(Nc2ccc(F)c(F)c2)cn1)N1CCN(c2ccccc2)CC1. The molecule has 1 aliphatic heterocycles. The molecule has 1 aromatic heterocycles. The van der Waals surface area contributed by atoms with Crippen molar-refractivity contribution in [1.82, 2.24) is 14.9 Å². The number of benzene rings is 2. The lowest BCUT2D eigenvalue weighted by Gasteiger charge is -2.35. The van der Waals surface area contributed by atoms with Gasteiger partial charge in [0.25, 0.3) is 5.91 Å². The zero-order valence-corrected chi connectivity index (χ0v) is 15.6. The first-order valence-electron chi connectivity index (χ1n) is 9.23. The molecule has 1 saturated heterocycles. The van der Waals surface area contributed by atoms with E-state index in [1.165, 1.54) is 18.5 Å². The van der Waals surface area contributed by atoms with Crippen molar-refractivity contribution in [1.29, 1.82) is 0 Å². The molecule has 1 N–H and O–H groups in total. The van der Waals surface area contributed by atoms with Gasteiger partial charge in [0, 0.05) is 43.6 Å². The van der Waals surface area contributed by atoms with Gasteiger partial charge in [-0.1, -0.05) is 18.2 Å². The normalized spacial score (nSPS) is 14.0. The third kappa shape index (κ3) is 4.31. The molecule has 1 fully saturated rings. The predicted molar refractivity (Wildman–Crippen MR) is 106 cm³/mol. The van der Waals surface area contributed by atoms with E-state index in [2.05, 4.69) is 32.3 Å². The zero-order chi connectivity index (χ0) is 20.2. The molecule has 0 unspecified atom stereocenters. The molecular formula is C21H19F2N5O. The first-order valence-corrected chi connectivity index (χ1v) is 9.23. The maximum atomic E-state index is 13.3. The van der Waals surface area contributed by atoms with Gasteiger partial charge in [-0.05, 0) is 24.3 Å². The van der Waals surface area contributed by atoms with Crippen LogP contribution in [0.4, 0.5) is 26.0 Å². The molecule has 1 aliphatic rings. The summed E-state index contributed by atoms with van der Waals surface area (Å²) in [5.41, 5.74) is 1.73. The van der Waals surface area contributed by atoms with E-state index < -0.39 is 11.6 Å². The minimum absolute atomic E-state index is 0.176. The maximum absolute atomic E-state index is 13.3. The summed E-state index contributed by atoms with van der Waals surface area (Å²) in [5, 5.41) is 2.83. The Balaban J connectivity index is 1.36. The Labute approximate surface area is 166 Å². The van der Waals surface area contributed by atoms with Crippen LogP contribution in [0.5, 0.6) is 0 Å². The molecule has 2 heterocycles. The summed E-state index contributed by atoms with van der Waals surface area (Å²) in [6, 6.07) is 13.5. The fourth-order valence-electron chi connectivity index (χ4n) is 3.19. The van der Waals surface area contributed by atoms with Crippen molar-refractivity contribution in [3.63, 3.8) is 0 Å². The molecule has 0 saturated carbocycles. The Morgan fingerprint density at radius 1 is 0.897 bits per heavy atom. The van der Waals surface area contributed by atoms with E-state index in [4.69, 9.17) is 0 Å². The van der Waals surface area contributed by atoms with E-state index in [1.54, 1.807) is 4.90 Å². The van der Waals surface area contributed by atoms with E-state index in [9.17, 15) is 13.6 Å². The quantitative estimate of drug-likeness (QED) is 0.733. The Morgan fingerprint density at radius 3 is 2.31 bits per heavy atom. The predicted octanol–water partition coefficient (Wildman–Crippen LogP) is 3.46. The molecule has 0 radical (unpaired) electrons. The molecule has 0 spiro atoms. The molecular weight excluding hydrogens is 376 g/mol. The second-order valence-corrected chi connectivity index (χ2v) is 6.66. The number of hydrogen-bond donors (Lipinski definition) is 1. The molecule has 1 amide bonds. The summed E-state index contributed by atoms with van der Waals surface area (Å²) in [5.74, 6) is -1.72. The summed E-state index contributed by atoms with van der Waals surface area (Å²) in [6.45, 7) is 2.70. The number of piperazine rings is 1. The number of amides is 1. The number of carbonyl (C=O) groups excluding carboxylic acids is 1. The molecule has 6 nitrogen and oxygen atoms in total. The van der Waals surface area contributed by atoms with Crippen LogP contribution >= 0.6 is 0 Å². The standard InChI is InChI=1S/C21H19F2N5O/c22-17-7-6-15(12-18(17)23)26-20-14-24-19(13-25-20)21(29)28-10-8-27(9-11-28)16-4-2-1-3-5-16/h1-7,12-14H,8-11H2,(H,25,26). The highest BCUT2D eigenvalue weighted by Crippen LogP contribution is 2.18. The van der Waals surface area contributed by atoms with Gasteiger partial charge in [-0.25, -0.2) is 18.7 Å². The Kier molecular flexibility index (Phi) is 5.33. The van der Waals surface area contributed by atoms with Gasteiger partial charge in [0.1, 0.15) is 11.5 Å². The first kappa shape index (κ1) is 18.8. The smallest absolute Gasteiger partial charge is 0.274 e. The van der Waals surface area contributed by atoms with Gasteiger partial charge in [0.15, 0.2) is 11.6 Å². The summed E-state index contributed by atoms with van der Waals surface area (Å²) >= 11 is 0. The van der Waals surface area contributed by atoms with Crippen LogP contribution in [-0.2, 0) is 0 Å². The van der Waals surface area contributed by atoms with Gasteiger partial charge in [0.2, 0.25) is 0 Å². The Hall–Kier alpha value is -3.55. The lowest BCUT2D eigenvalue weighted by atomic mass is 10.2. The van der Waals surface area contributed by atoms with Crippen molar-refractivity contribution in [3.8, 4) is 0 Å². The van der Waals surface area contributed by atoms with Crippen LogP contribution < -0.4 is 10.2 Å². The summed E-state index contributed by atoms with van der Waals surface area (Å²) in [7, 11) is 0.